The van der Waals surface area contributed by atoms with Crippen LogP contribution in [-0.4, -0.2) is 50.0 Å². The summed E-state index contributed by atoms with van der Waals surface area (Å²) in [4.78, 5) is 27.5. The Kier molecular flexibility index (Phi) is 9.73. The molecule has 0 aliphatic rings. The van der Waals surface area contributed by atoms with E-state index in [1.165, 1.54) is 30.0 Å². The van der Waals surface area contributed by atoms with Crippen molar-refractivity contribution in [1.82, 2.24) is 10.2 Å². The number of sulfonamides is 1. The fourth-order valence-electron chi connectivity index (χ4n) is 3.15. The second kappa shape index (κ2) is 11.9. The molecule has 0 bridgehead atoms. The number of carbonyl (C=O) groups is 2. The second-order valence-electron chi connectivity index (χ2n) is 7.97. The van der Waals surface area contributed by atoms with Crippen LogP contribution in [0.5, 0.6) is 0 Å². The van der Waals surface area contributed by atoms with Gasteiger partial charge in [0.25, 0.3) is 0 Å². The molecule has 1 N–H and O–H groups in total. The van der Waals surface area contributed by atoms with Gasteiger partial charge in [-0.15, -0.1) is 0 Å². The van der Waals surface area contributed by atoms with E-state index in [2.05, 4.69) is 5.32 Å². The van der Waals surface area contributed by atoms with E-state index >= 15 is 0 Å². The third-order valence-electron chi connectivity index (χ3n) is 5.33. The van der Waals surface area contributed by atoms with Gasteiger partial charge in [0.1, 0.15) is 18.4 Å². The predicted octanol–water partition coefficient (Wildman–Crippen LogP) is 4.23. The van der Waals surface area contributed by atoms with Crippen molar-refractivity contribution >= 4 is 50.7 Å². The summed E-state index contributed by atoms with van der Waals surface area (Å²) in [7, 11) is -3.95. The molecule has 11 heteroatoms. The quantitative estimate of drug-likeness (QED) is 0.496. The molecule has 7 nitrogen and oxygen atoms in total. The summed E-state index contributed by atoms with van der Waals surface area (Å²) in [5.74, 6) is -1.75. The highest BCUT2D eigenvalue weighted by Crippen LogP contribution is 2.27. The summed E-state index contributed by atoms with van der Waals surface area (Å²) < 4.78 is 39.5. The van der Waals surface area contributed by atoms with E-state index in [1.807, 2.05) is 13.8 Å². The minimum atomic E-state index is -3.95. The Morgan fingerprint density at radius 2 is 1.68 bits per heavy atom. The highest BCUT2D eigenvalue weighted by Gasteiger charge is 2.31. The van der Waals surface area contributed by atoms with Crippen LogP contribution in [0.25, 0.3) is 0 Å². The van der Waals surface area contributed by atoms with E-state index in [-0.39, 0.29) is 18.3 Å². The molecule has 2 rings (SSSR count). The Morgan fingerprint density at radius 3 is 2.21 bits per heavy atom. The molecule has 2 amide bonds. The molecule has 0 saturated heterocycles. The van der Waals surface area contributed by atoms with Gasteiger partial charge in [0, 0.05) is 28.2 Å². The normalized spacial score (nSPS) is 13.1. The van der Waals surface area contributed by atoms with Gasteiger partial charge in [-0.25, -0.2) is 12.8 Å². The number of hydrogen-bond acceptors (Lipinski definition) is 4. The first-order valence-corrected chi connectivity index (χ1v) is 13.2. The van der Waals surface area contributed by atoms with Crippen LogP contribution in [-0.2, 0) is 26.2 Å². The second-order valence-corrected chi connectivity index (χ2v) is 10.7. The van der Waals surface area contributed by atoms with Crippen molar-refractivity contribution in [3.63, 3.8) is 0 Å². The molecule has 2 aromatic rings. The van der Waals surface area contributed by atoms with Gasteiger partial charge < -0.3 is 10.2 Å². The van der Waals surface area contributed by atoms with Gasteiger partial charge in [-0.2, -0.15) is 0 Å². The van der Waals surface area contributed by atoms with Crippen molar-refractivity contribution in [2.24, 2.45) is 0 Å². The first-order valence-electron chi connectivity index (χ1n) is 10.6. The van der Waals surface area contributed by atoms with E-state index < -0.39 is 40.2 Å². The Labute approximate surface area is 209 Å². The zero-order valence-electron chi connectivity index (χ0n) is 19.4. The minimum Gasteiger partial charge on any atom is -0.352 e. The molecule has 0 aromatic heterocycles. The van der Waals surface area contributed by atoms with Gasteiger partial charge in [0.2, 0.25) is 21.8 Å². The first kappa shape index (κ1) is 27.9. The number of halogens is 3. The topological polar surface area (TPSA) is 86.8 Å². The summed E-state index contributed by atoms with van der Waals surface area (Å²) in [6.07, 6.45) is 1.60. The van der Waals surface area contributed by atoms with Crippen LogP contribution in [0.4, 0.5) is 10.1 Å². The Bertz CT molecular complexity index is 1130. The van der Waals surface area contributed by atoms with Crippen LogP contribution in [0.2, 0.25) is 10.0 Å². The van der Waals surface area contributed by atoms with Crippen LogP contribution in [0.1, 0.15) is 32.8 Å². The number of rotatable bonds is 10. The van der Waals surface area contributed by atoms with Gasteiger partial charge >= 0.3 is 0 Å². The maximum Gasteiger partial charge on any atom is 0.244 e. The number of anilines is 1. The molecule has 0 aliphatic heterocycles. The summed E-state index contributed by atoms with van der Waals surface area (Å²) in [5.41, 5.74) is 0.405. The average molecular weight is 532 g/mol. The molecule has 0 heterocycles. The summed E-state index contributed by atoms with van der Waals surface area (Å²) in [6.45, 7) is 4.49. The predicted molar refractivity (Wildman–Crippen MR) is 133 cm³/mol. The molecule has 0 unspecified atom stereocenters. The van der Waals surface area contributed by atoms with E-state index in [0.717, 1.165) is 16.6 Å². The van der Waals surface area contributed by atoms with Gasteiger partial charge in [-0.05, 0) is 50.6 Å². The SMILES string of the molecule is CC[C@@H](C)NC(=O)[C@H](C)N(Cc1c(Cl)cccc1Cl)C(=O)CN(c1cccc(F)c1)S(C)(=O)=O. The summed E-state index contributed by atoms with van der Waals surface area (Å²) >= 11 is 12.6. The molecule has 186 valence electrons. The fourth-order valence-corrected chi connectivity index (χ4v) is 4.51. The monoisotopic (exact) mass is 531 g/mol. The molecular formula is C23H28Cl2FN3O4S. The van der Waals surface area contributed by atoms with E-state index in [1.54, 1.807) is 18.2 Å². The van der Waals surface area contributed by atoms with Gasteiger partial charge in [0.05, 0.1) is 11.9 Å². The Hall–Kier alpha value is -2.36. The smallest absolute Gasteiger partial charge is 0.244 e. The van der Waals surface area contributed by atoms with Crippen molar-refractivity contribution in [3.8, 4) is 0 Å². The molecule has 0 aliphatic carbocycles. The third kappa shape index (κ3) is 7.32. The van der Waals surface area contributed by atoms with Crippen molar-refractivity contribution in [3.05, 3.63) is 63.9 Å². The Balaban J connectivity index is 2.45. The largest absolute Gasteiger partial charge is 0.352 e. The van der Waals surface area contributed by atoms with Crippen LogP contribution in [0, 0.1) is 5.82 Å². The van der Waals surface area contributed by atoms with Crippen molar-refractivity contribution in [1.29, 1.82) is 0 Å². The third-order valence-corrected chi connectivity index (χ3v) is 7.18. The first-order chi connectivity index (χ1) is 15.8. The molecular weight excluding hydrogens is 504 g/mol. The molecule has 0 fully saturated rings. The molecule has 0 saturated carbocycles. The van der Waals surface area contributed by atoms with Crippen LogP contribution >= 0.6 is 23.2 Å². The number of amides is 2. The van der Waals surface area contributed by atoms with E-state index in [4.69, 9.17) is 23.2 Å². The van der Waals surface area contributed by atoms with Gasteiger partial charge in [-0.3, -0.25) is 13.9 Å². The summed E-state index contributed by atoms with van der Waals surface area (Å²) in [5, 5.41) is 3.41. The van der Waals surface area contributed by atoms with Crippen LogP contribution in [0.15, 0.2) is 42.5 Å². The van der Waals surface area contributed by atoms with Gasteiger partial charge in [-0.1, -0.05) is 42.3 Å². The maximum absolute atomic E-state index is 13.8. The standard InChI is InChI=1S/C23H28Cl2FN3O4S/c1-5-15(2)27-23(31)16(3)28(13-19-20(24)10-7-11-21(19)25)22(30)14-29(34(4,32)33)18-9-6-8-17(26)12-18/h6-12,15-16H,5,13-14H2,1-4H3,(H,27,31)/t15-,16+/m1/s1. The number of nitrogens with zero attached hydrogens (tertiary/aromatic N) is 2. The zero-order chi connectivity index (χ0) is 25.6. The van der Waals surface area contributed by atoms with Gasteiger partial charge in [0.15, 0.2) is 0 Å². The van der Waals surface area contributed by atoms with E-state index in [9.17, 15) is 22.4 Å². The lowest BCUT2D eigenvalue weighted by Gasteiger charge is -2.32. The molecule has 0 spiro atoms. The number of carbonyl (C=O) groups excluding carboxylic acids is 2. The highest BCUT2D eigenvalue weighted by atomic mass is 35.5. The molecule has 34 heavy (non-hydrogen) atoms. The summed E-state index contributed by atoms with van der Waals surface area (Å²) in [6, 6.07) is 8.66. The van der Waals surface area contributed by atoms with Crippen molar-refractivity contribution in [2.75, 3.05) is 17.1 Å². The van der Waals surface area contributed by atoms with Crippen LogP contribution in [0.3, 0.4) is 0 Å². The average Bonchev–Trinajstić information content (AvgIpc) is 2.75. The van der Waals surface area contributed by atoms with Crippen molar-refractivity contribution in [2.45, 2.75) is 45.8 Å². The molecule has 2 aromatic carbocycles. The fraction of sp³-hybridized carbons (Fsp3) is 0.391. The lowest BCUT2D eigenvalue weighted by molar-refractivity contribution is -0.139. The lowest BCUT2D eigenvalue weighted by Crippen LogP contribution is -2.52. The molecule has 2 atom stereocenters. The van der Waals surface area contributed by atoms with Crippen LogP contribution < -0.4 is 9.62 Å². The van der Waals surface area contributed by atoms with E-state index in [0.29, 0.717) is 22.0 Å². The number of nitrogens with one attached hydrogen (secondary N) is 1. The van der Waals surface area contributed by atoms with Crippen molar-refractivity contribution < 1.29 is 22.4 Å². The number of benzene rings is 2. The lowest BCUT2D eigenvalue weighted by atomic mass is 10.1. The maximum atomic E-state index is 13.8. The molecule has 0 radical (unpaired) electrons. The zero-order valence-corrected chi connectivity index (χ0v) is 21.7. The minimum absolute atomic E-state index is 0.0108. The number of hydrogen-bond donors (Lipinski definition) is 1. The highest BCUT2D eigenvalue weighted by molar-refractivity contribution is 7.92. The Morgan fingerprint density at radius 1 is 1.09 bits per heavy atom.